The molecular formula is C6N6Ru3. The molecule has 78 valence electrons. The van der Waals surface area contributed by atoms with Crippen LogP contribution in [0.25, 0.3) is 0 Å². The molecule has 0 radical (unpaired) electrons. The van der Waals surface area contributed by atoms with E-state index in [-0.39, 0.29) is 58.4 Å². The summed E-state index contributed by atoms with van der Waals surface area (Å²) in [6, 6.07) is 0. The molecule has 0 N–H and O–H groups in total. The third-order valence-corrected chi connectivity index (χ3v) is 0. The molecule has 9 heteroatoms. The summed E-state index contributed by atoms with van der Waals surface area (Å²) in [5.74, 6) is 0. The first kappa shape index (κ1) is 97.9. The average molecular weight is 459 g/mol. The van der Waals surface area contributed by atoms with Crippen molar-refractivity contribution >= 4 is 0 Å². The molecule has 0 bridgehead atoms. The van der Waals surface area contributed by atoms with Gasteiger partial charge in [-0.25, -0.2) is 0 Å². The molecule has 15 heavy (non-hydrogen) atoms. The van der Waals surface area contributed by atoms with Gasteiger partial charge in [0.2, 0.25) is 0 Å². The zero-order valence-electron chi connectivity index (χ0n) is 6.74. The minimum Gasteiger partial charge on any atom is -0.512 e. The normalized spacial score (nSPS) is 0.800. The summed E-state index contributed by atoms with van der Waals surface area (Å²) < 4.78 is 0. The average Bonchev–Trinajstić information content (AvgIpc) is 2.33. The van der Waals surface area contributed by atoms with E-state index in [0.717, 1.165) is 0 Å². The van der Waals surface area contributed by atoms with E-state index in [1.165, 1.54) is 0 Å². The third kappa shape index (κ3) is 1060. The van der Waals surface area contributed by atoms with Gasteiger partial charge in [0, 0.05) is 0 Å². The van der Waals surface area contributed by atoms with Crippen LogP contribution in [0.4, 0.5) is 0 Å². The molecule has 0 aliphatic heterocycles. The van der Waals surface area contributed by atoms with Crippen LogP contribution < -0.4 is 0 Å². The second-order valence-electron chi connectivity index (χ2n) is 0. The summed E-state index contributed by atoms with van der Waals surface area (Å²) in [6.45, 7) is 28.5. The molecule has 0 aromatic carbocycles. The van der Waals surface area contributed by atoms with Gasteiger partial charge in [-0.15, -0.1) is 0 Å². The van der Waals surface area contributed by atoms with Crippen LogP contribution in [-0.2, 0) is 58.4 Å². The molecular weight excluding hydrogens is 459 g/mol. The standard InChI is InChI=1S/6CN.3Ru/c6*1-2;;;/q6*-1;3*+2. The summed E-state index contributed by atoms with van der Waals surface area (Å²) in [5, 5.41) is 37.5. The van der Waals surface area contributed by atoms with Crippen LogP contribution in [0.2, 0.25) is 0 Å². The Morgan fingerprint density at radius 1 is 0.267 bits per heavy atom. The van der Waals surface area contributed by atoms with Crippen LogP contribution in [0.3, 0.4) is 0 Å². The molecule has 0 saturated carbocycles. The van der Waals surface area contributed by atoms with Crippen LogP contribution in [0.1, 0.15) is 0 Å². The minimum absolute atomic E-state index is 0. The van der Waals surface area contributed by atoms with Crippen LogP contribution in [0.5, 0.6) is 0 Å². The zero-order chi connectivity index (χ0) is 12.0. The number of rotatable bonds is 0. The van der Waals surface area contributed by atoms with Crippen LogP contribution in [0, 0.1) is 71.0 Å². The molecule has 0 aromatic rings. The molecule has 0 fully saturated rings. The fourth-order valence-electron chi connectivity index (χ4n) is 0. The van der Waals surface area contributed by atoms with Crippen molar-refractivity contribution in [3.8, 4) is 0 Å². The van der Waals surface area contributed by atoms with E-state index in [9.17, 15) is 0 Å². The van der Waals surface area contributed by atoms with Crippen molar-refractivity contribution in [2.45, 2.75) is 0 Å². The third-order valence-electron chi connectivity index (χ3n) is 0. The van der Waals surface area contributed by atoms with Crippen LogP contribution in [0.15, 0.2) is 0 Å². The first-order valence-corrected chi connectivity index (χ1v) is 1.34. The van der Waals surface area contributed by atoms with Gasteiger partial charge < -0.3 is 71.0 Å². The molecule has 0 atom stereocenters. The van der Waals surface area contributed by atoms with Gasteiger partial charge in [-0.1, -0.05) is 0 Å². The van der Waals surface area contributed by atoms with E-state index >= 15 is 0 Å². The van der Waals surface area contributed by atoms with Gasteiger partial charge in [0.25, 0.3) is 0 Å². The summed E-state index contributed by atoms with van der Waals surface area (Å²) in [5.41, 5.74) is 0. The molecule has 0 aliphatic carbocycles. The van der Waals surface area contributed by atoms with Gasteiger partial charge >= 0.3 is 58.4 Å². The summed E-state index contributed by atoms with van der Waals surface area (Å²) in [7, 11) is 0. The van der Waals surface area contributed by atoms with Gasteiger partial charge in [-0.3, -0.25) is 0 Å². The Morgan fingerprint density at radius 2 is 0.267 bits per heavy atom. The maximum atomic E-state index is 6.25. The largest absolute Gasteiger partial charge is 2.00 e. The predicted octanol–water partition coefficient (Wildman–Crippen LogP) is 0.571. The van der Waals surface area contributed by atoms with Crippen LogP contribution in [-0.4, -0.2) is 0 Å². The Bertz CT molecular complexity index is 97.9. The van der Waals surface area contributed by atoms with Crippen molar-refractivity contribution in [2.24, 2.45) is 0 Å². The fourth-order valence-corrected chi connectivity index (χ4v) is 0. The molecule has 0 aromatic heterocycles. The van der Waals surface area contributed by atoms with E-state index in [1.54, 1.807) is 0 Å². The van der Waals surface area contributed by atoms with E-state index in [2.05, 4.69) is 0 Å². The molecule has 0 amide bonds. The number of hydrogen-bond donors (Lipinski definition) is 0. The van der Waals surface area contributed by atoms with E-state index in [1.807, 2.05) is 0 Å². The van der Waals surface area contributed by atoms with Gasteiger partial charge in [0.15, 0.2) is 0 Å². The van der Waals surface area contributed by atoms with E-state index in [0.29, 0.717) is 0 Å². The van der Waals surface area contributed by atoms with Crippen molar-refractivity contribution in [2.75, 3.05) is 0 Å². The summed E-state index contributed by atoms with van der Waals surface area (Å²) in [4.78, 5) is 0. The molecule has 0 unspecified atom stereocenters. The van der Waals surface area contributed by atoms with Gasteiger partial charge in [0.05, 0.1) is 0 Å². The second kappa shape index (κ2) is 1260. The fraction of sp³-hybridized carbons (Fsp3) is 0. The topological polar surface area (TPSA) is 143 Å². The van der Waals surface area contributed by atoms with Gasteiger partial charge in [0.1, 0.15) is 0 Å². The Labute approximate surface area is 129 Å². The van der Waals surface area contributed by atoms with Crippen molar-refractivity contribution < 1.29 is 58.4 Å². The first-order valence-electron chi connectivity index (χ1n) is 1.34. The SMILES string of the molecule is [C-]#N.[C-]#N.[C-]#N.[C-]#N.[C-]#N.[C-]#N.[Ru+2].[Ru+2].[Ru+2]. The molecule has 0 spiro atoms. The van der Waals surface area contributed by atoms with Crippen molar-refractivity contribution in [3.63, 3.8) is 0 Å². The Hall–Kier alpha value is -1.19. The quantitative estimate of drug-likeness (QED) is 0.383. The Balaban J connectivity index is -0.00000000396. The van der Waals surface area contributed by atoms with Crippen molar-refractivity contribution in [1.29, 1.82) is 31.6 Å². The number of nitrogens with zero attached hydrogens (tertiary/aromatic N) is 6. The second-order valence-corrected chi connectivity index (χ2v) is 0. The molecule has 0 rings (SSSR count). The van der Waals surface area contributed by atoms with E-state index < -0.39 is 0 Å². The maximum Gasteiger partial charge on any atom is 2.00 e. The first-order chi connectivity index (χ1) is 6.00. The Morgan fingerprint density at radius 3 is 0.267 bits per heavy atom. The van der Waals surface area contributed by atoms with Crippen molar-refractivity contribution in [3.05, 3.63) is 39.4 Å². The summed E-state index contributed by atoms with van der Waals surface area (Å²) in [6.07, 6.45) is 0. The minimum atomic E-state index is 0. The zero-order valence-corrected chi connectivity index (χ0v) is 12.0. The van der Waals surface area contributed by atoms with Gasteiger partial charge in [-0.05, 0) is 0 Å². The van der Waals surface area contributed by atoms with Gasteiger partial charge in [-0.2, -0.15) is 0 Å². The van der Waals surface area contributed by atoms with Crippen LogP contribution >= 0.6 is 0 Å². The summed E-state index contributed by atoms with van der Waals surface area (Å²) >= 11 is 0. The number of hydrogen-bond acceptors (Lipinski definition) is 6. The molecule has 6 nitrogen and oxygen atoms in total. The maximum absolute atomic E-state index is 6.25. The molecule has 0 heterocycles. The molecule has 0 saturated heterocycles. The van der Waals surface area contributed by atoms with E-state index in [4.69, 9.17) is 71.0 Å². The molecule has 0 aliphatic rings. The Kier molecular flexibility index (Phi) is 8240. The smallest absolute Gasteiger partial charge is 0.512 e. The van der Waals surface area contributed by atoms with Crippen molar-refractivity contribution in [1.82, 2.24) is 0 Å². The predicted molar refractivity (Wildman–Crippen MR) is 29.8 cm³/mol. The monoisotopic (exact) mass is 462 g/mol.